The SMILES string of the molecule is C#CC(C)N(C)C(=O)COC(C)=O. The van der Waals surface area contributed by atoms with E-state index in [1.54, 1.807) is 14.0 Å². The monoisotopic (exact) mass is 183 g/mol. The third kappa shape index (κ3) is 4.16. The minimum Gasteiger partial charge on any atom is -0.456 e. The molecule has 0 aromatic heterocycles. The third-order valence-electron chi connectivity index (χ3n) is 1.61. The van der Waals surface area contributed by atoms with Crippen molar-refractivity contribution in [2.45, 2.75) is 19.9 Å². The van der Waals surface area contributed by atoms with Gasteiger partial charge in [-0.2, -0.15) is 0 Å². The average molecular weight is 183 g/mol. The molecule has 0 aromatic rings. The molecule has 1 unspecified atom stereocenters. The molecule has 1 amide bonds. The highest BCUT2D eigenvalue weighted by Gasteiger charge is 2.14. The summed E-state index contributed by atoms with van der Waals surface area (Å²) in [4.78, 5) is 22.9. The molecule has 0 saturated heterocycles. The molecule has 0 spiro atoms. The molecule has 0 aliphatic carbocycles. The maximum atomic E-state index is 11.2. The number of terminal acetylenes is 1. The van der Waals surface area contributed by atoms with Crippen molar-refractivity contribution in [2.24, 2.45) is 0 Å². The molecule has 0 N–H and O–H groups in total. The van der Waals surface area contributed by atoms with Crippen LogP contribution in [0, 0.1) is 12.3 Å². The lowest BCUT2D eigenvalue weighted by atomic mass is 10.3. The molecule has 0 radical (unpaired) electrons. The fourth-order valence-corrected chi connectivity index (χ4v) is 0.593. The first-order valence-electron chi connectivity index (χ1n) is 3.84. The molecule has 0 saturated carbocycles. The van der Waals surface area contributed by atoms with Gasteiger partial charge in [-0.3, -0.25) is 9.59 Å². The number of carbonyl (C=O) groups excluding carboxylic acids is 2. The summed E-state index contributed by atoms with van der Waals surface area (Å²) in [7, 11) is 1.57. The number of amides is 1. The number of esters is 1. The Morgan fingerprint density at radius 2 is 2.15 bits per heavy atom. The molecule has 13 heavy (non-hydrogen) atoms. The number of likely N-dealkylation sites (N-methyl/N-ethyl adjacent to an activating group) is 1. The van der Waals surface area contributed by atoms with Crippen molar-refractivity contribution in [2.75, 3.05) is 13.7 Å². The van der Waals surface area contributed by atoms with Gasteiger partial charge in [0.1, 0.15) is 0 Å². The summed E-state index contributed by atoms with van der Waals surface area (Å²) in [6, 6.07) is -0.289. The van der Waals surface area contributed by atoms with Crippen molar-refractivity contribution in [3.8, 4) is 12.3 Å². The van der Waals surface area contributed by atoms with Crippen LogP contribution in [0.4, 0.5) is 0 Å². The zero-order chi connectivity index (χ0) is 10.4. The van der Waals surface area contributed by atoms with Crippen molar-refractivity contribution in [1.29, 1.82) is 0 Å². The van der Waals surface area contributed by atoms with E-state index in [2.05, 4.69) is 10.7 Å². The Bertz CT molecular complexity index is 242. The van der Waals surface area contributed by atoms with Gasteiger partial charge in [0, 0.05) is 14.0 Å². The van der Waals surface area contributed by atoms with E-state index < -0.39 is 5.97 Å². The minimum atomic E-state index is -0.477. The first-order valence-corrected chi connectivity index (χ1v) is 3.84. The molecule has 0 aromatic carbocycles. The molecule has 0 aliphatic rings. The van der Waals surface area contributed by atoms with Crippen molar-refractivity contribution in [3.63, 3.8) is 0 Å². The Kier molecular flexibility index (Phi) is 4.60. The van der Waals surface area contributed by atoms with Crippen LogP contribution in [0.3, 0.4) is 0 Å². The van der Waals surface area contributed by atoms with Crippen molar-refractivity contribution in [3.05, 3.63) is 0 Å². The Hall–Kier alpha value is -1.50. The number of hydrogen-bond donors (Lipinski definition) is 0. The van der Waals surface area contributed by atoms with E-state index in [1.807, 2.05) is 0 Å². The predicted octanol–water partition coefficient (Wildman–Crippen LogP) is 0.0296. The van der Waals surface area contributed by atoms with Gasteiger partial charge < -0.3 is 9.64 Å². The molecule has 0 rings (SSSR count). The first kappa shape index (κ1) is 11.5. The molecule has 0 bridgehead atoms. The highest BCUT2D eigenvalue weighted by atomic mass is 16.5. The Morgan fingerprint density at radius 1 is 1.62 bits per heavy atom. The Balaban J connectivity index is 3.98. The second-order valence-electron chi connectivity index (χ2n) is 2.63. The standard InChI is InChI=1S/C9H13NO3/c1-5-7(2)10(4)9(12)6-13-8(3)11/h1,7H,6H2,2-4H3. The molecule has 72 valence electrons. The van der Waals surface area contributed by atoms with Crippen LogP contribution in [0.2, 0.25) is 0 Å². The van der Waals surface area contributed by atoms with Crippen LogP contribution >= 0.6 is 0 Å². The van der Waals surface area contributed by atoms with E-state index >= 15 is 0 Å². The molecule has 0 heterocycles. The van der Waals surface area contributed by atoms with Crippen molar-refractivity contribution < 1.29 is 14.3 Å². The topological polar surface area (TPSA) is 46.6 Å². The smallest absolute Gasteiger partial charge is 0.303 e. The number of hydrogen-bond acceptors (Lipinski definition) is 3. The van der Waals surface area contributed by atoms with Crippen molar-refractivity contribution in [1.82, 2.24) is 4.90 Å². The number of carbonyl (C=O) groups is 2. The highest BCUT2D eigenvalue weighted by Crippen LogP contribution is 1.94. The van der Waals surface area contributed by atoms with Crippen LogP contribution in [-0.2, 0) is 14.3 Å². The van der Waals surface area contributed by atoms with Crippen LogP contribution < -0.4 is 0 Å². The summed E-state index contributed by atoms with van der Waals surface area (Å²) in [6.45, 7) is 2.71. The second kappa shape index (κ2) is 5.20. The zero-order valence-corrected chi connectivity index (χ0v) is 8.03. The van der Waals surface area contributed by atoms with Crippen LogP contribution in [0.25, 0.3) is 0 Å². The van der Waals surface area contributed by atoms with Gasteiger partial charge in [0.25, 0.3) is 5.91 Å². The number of rotatable bonds is 3. The minimum absolute atomic E-state index is 0.252. The molecular formula is C9H13NO3. The summed E-state index contributed by atoms with van der Waals surface area (Å²) < 4.78 is 4.52. The number of nitrogens with zero attached hydrogens (tertiary/aromatic N) is 1. The lowest BCUT2D eigenvalue weighted by Gasteiger charge is -2.19. The van der Waals surface area contributed by atoms with Crippen LogP contribution in [0.5, 0.6) is 0 Å². The summed E-state index contributed by atoms with van der Waals surface area (Å²) in [6.07, 6.45) is 5.12. The van der Waals surface area contributed by atoms with Crippen LogP contribution in [0.1, 0.15) is 13.8 Å². The van der Waals surface area contributed by atoms with Gasteiger partial charge in [-0.15, -0.1) is 6.42 Å². The van der Waals surface area contributed by atoms with Gasteiger partial charge in [0.2, 0.25) is 0 Å². The zero-order valence-electron chi connectivity index (χ0n) is 8.03. The normalized spacial score (nSPS) is 11.2. The quantitative estimate of drug-likeness (QED) is 0.458. The molecule has 4 heteroatoms. The maximum absolute atomic E-state index is 11.2. The van der Waals surface area contributed by atoms with Gasteiger partial charge in [-0.05, 0) is 6.92 Å². The molecule has 1 atom stereocenters. The molecular weight excluding hydrogens is 170 g/mol. The average Bonchev–Trinajstić information content (AvgIpc) is 2.11. The van der Waals surface area contributed by atoms with Gasteiger partial charge >= 0.3 is 5.97 Å². The van der Waals surface area contributed by atoms with E-state index in [1.165, 1.54) is 11.8 Å². The molecule has 0 aliphatic heterocycles. The second-order valence-corrected chi connectivity index (χ2v) is 2.63. The van der Waals surface area contributed by atoms with Gasteiger partial charge in [0.15, 0.2) is 6.61 Å². The van der Waals surface area contributed by atoms with Crippen LogP contribution in [-0.4, -0.2) is 36.5 Å². The lowest BCUT2D eigenvalue weighted by molar-refractivity contribution is -0.150. The van der Waals surface area contributed by atoms with Crippen LogP contribution in [0.15, 0.2) is 0 Å². The van der Waals surface area contributed by atoms with Gasteiger partial charge in [-0.25, -0.2) is 0 Å². The van der Waals surface area contributed by atoms with Gasteiger partial charge in [0.05, 0.1) is 6.04 Å². The summed E-state index contributed by atoms with van der Waals surface area (Å²) in [5.41, 5.74) is 0. The Morgan fingerprint density at radius 3 is 2.54 bits per heavy atom. The first-order chi connectivity index (χ1) is 5.99. The number of ether oxygens (including phenoxy) is 1. The Labute approximate surface area is 77.9 Å². The summed E-state index contributed by atoms with van der Waals surface area (Å²) in [5, 5.41) is 0. The van der Waals surface area contributed by atoms with Gasteiger partial charge in [-0.1, -0.05) is 5.92 Å². The largest absolute Gasteiger partial charge is 0.456 e. The van der Waals surface area contributed by atoms with E-state index in [0.717, 1.165) is 0 Å². The lowest BCUT2D eigenvalue weighted by Crippen LogP contribution is -2.36. The highest BCUT2D eigenvalue weighted by molar-refractivity contribution is 5.80. The maximum Gasteiger partial charge on any atom is 0.303 e. The fourth-order valence-electron chi connectivity index (χ4n) is 0.593. The van der Waals surface area contributed by atoms with Crippen molar-refractivity contribution >= 4 is 11.9 Å². The van der Waals surface area contributed by atoms with E-state index in [-0.39, 0.29) is 18.6 Å². The molecule has 4 nitrogen and oxygen atoms in total. The van der Waals surface area contributed by atoms with E-state index in [0.29, 0.717) is 0 Å². The predicted molar refractivity (Wildman–Crippen MR) is 47.7 cm³/mol. The molecule has 0 fully saturated rings. The van der Waals surface area contributed by atoms with E-state index in [4.69, 9.17) is 6.42 Å². The fraction of sp³-hybridized carbons (Fsp3) is 0.556. The summed E-state index contributed by atoms with van der Waals surface area (Å²) >= 11 is 0. The third-order valence-corrected chi connectivity index (χ3v) is 1.61. The summed E-state index contributed by atoms with van der Waals surface area (Å²) in [5.74, 6) is 1.62. The van der Waals surface area contributed by atoms with E-state index in [9.17, 15) is 9.59 Å².